The van der Waals surface area contributed by atoms with E-state index in [4.69, 9.17) is 4.42 Å². The Bertz CT molecular complexity index is 1020. The van der Waals surface area contributed by atoms with Crippen molar-refractivity contribution in [2.75, 3.05) is 25.0 Å². The summed E-state index contributed by atoms with van der Waals surface area (Å²) in [6.07, 6.45) is 2.25. The van der Waals surface area contributed by atoms with Crippen molar-refractivity contribution in [3.05, 3.63) is 90.1 Å². The molecule has 0 aliphatic heterocycles. The zero-order valence-electron chi connectivity index (χ0n) is 19.0. The van der Waals surface area contributed by atoms with Crippen molar-refractivity contribution in [2.24, 2.45) is 5.92 Å². The fourth-order valence-corrected chi connectivity index (χ4v) is 3.47. The number of carbonyl (C=O) groups excluding carboxylic acids is 2. The van der Waals surface area contributed by atoms with Gasteiger partial charge in [-0.15, -0.1) is 0 Å². The first-order valence-corrected chi connectivity index (χ1v) is 11.1. The van der Waals surface area contributed by atoms with Gasteiger partial charge in [0.15, 0.2) is 0 Å². The van der Waals surface area contributed by atoms with E-state index in [9.17, 15) is 14.0 Å². The van der Waals surface area contributed by atoms with Gasteiger partial charge in [-0.05, 0) is 42.2 Å². The van der Waals surface area contributed by atoms with Crippen molar-refractivity contribution in [3.63, 3.8) is 0 Å². The zero-order valence-corrected chi connectivity index (χ0v) is 19.0. The molecule has 174 valence electrons. The highest BCUT2D eigenvalue weighted by atomic mass is 19.1. The van der Waals surface area contributed by atoms with Crippen molar-refractivity contribution >= 4 is 17.6 Å². The molecular weight excluding hydrogens is 421 g/mol. The summed E-state index contributed by atoms with van der Waals surface area (Å²) >= 11 is 0. The lowest BCUT2D eigenvalue weighted by molar-refractivity contribution is -0.132. The van der Waals surface area contributed by atoms with Gasteiger partial charge < -0.3 is 19.5 Å². The number of benzene rings is 2. The van der Waals surface area contributed by atoms with E-state index in [1.165, 1.54) is 17.0 Å². The Kier molecular flexibility index (Phi) is 8.63. The van der Waals surface area contributed by atoms with Crippen LogP contribution in [0.5, 0.6) is 0 Å². The van der Waals surface area contributed by atoms with E-state index in [1.54, 1.807) is 29.4 Å². The molecule has 3 rings (SSSR count). The molecule has 0 unspecified atom stereocenters. The summed E-state index contributed by atoms with van der Waals surface area (Å²) < 4.78 is 19.5. The quantitative estimate of drug-likeness (QED) is 0.462. The first-order chi connectivity index (χ1) is 15.9. The molecule has 1 heterocycles. The van der Waals surface area contributed by atoms with Crippen LogP contribution in [0.1, 0.15) is 25.2 Å². The lowest BCUT2D eigenvalue weighted by atomic mass is 10.1. The Morgan fingerprint density at radius 1 is 0.970 bits per heavy atom. The Labute approximate surface area is 194 Å². The van der Waals surface area contributed by atoms with E-state index in [2.05, 4.69) is 5.32 Å². The van der Waals surface area contributed by atoms with Crippen molar-refractivity contribution in [1.29, 1.82) is 0 Å². The lowest BCUT2D eigenvalue weighted by Crippen LogP contribution is -2.46. The number of hydrogen-bond acceptors (Lipinski definition) is 3. The van der Waals surface area contributed by atoms with Crippen LogP contribution in [0.15, 0.2) is 77.4 Å². The topological polar surface area (TPSA) is 65.8 Å². The molecule has 0 saturated heterocycles. The van der Waals surface area contributed by atoms with Crippen LogP contribution in [0.4, 0.5) is 14.9 Å². The first kappa shape index (κ1) is 24.0. The van der Waals surface area contributed by atoms with Crippen molar-refractivity contribution in [2.45, 2.75) is 26.8 Å². The summed E-state index contributed by atoms with van der Waals surface area (Å²) in [4.78, 5) is 29.3. The largest absolute Gasteiger partial charge is 0.467 e. The average Bonchev–Trinajstić information content (AvgIpc) is 3.31. The molecule has 33 heavy (non-hydrogen) atoms. The van der Waals surface area contributed by atoms with Crippen molar-refractivity contribution in [1.82, 2.24) is 9.80 Å². The fraction of sp³-hybridized carbons (Fsp3) is 0.308. The molecule has 0 bridgehead atoms. The second-order valence-electron chi connectivity index (χ2n) is 8.31. The fourth-order valence-electron chi connectivity index (χ4n) is 3.47. The van der Waals surface area contributed by atoms with Gasteiger partial charge in [0.1, 0.15) is 18.1 Å². The third kappa shape index (κ3) is 7.49. The van der Waals surface area contributed by atoms with Crippen LogP contribution in [0.3, 0.4) is 0 Å². The highest BCUT2D eigenvalue weighted by molar-refractivity contribution is 5.92. The third-order valence-corrected chi connectivity index (χ3v) is 5.11. The van der Waals surface area contributed by atoms with Crippen LogP contribution in [0.2, 0.25) is 0 Å². The van der Waals surface area contributed by atoms with Crippen LogP contribution in [-0.4, -0.2) is 41.4 Å². The van der Waals surface area contributed by atoms with E-state index in [-0.39, 0.29) is 24.1 Å². The van der Waals surface area contributed by atoms with E-state index < -0.39 is 11.8 Å². The minimum Gasteiger partial charge on any atom is -0.467 e. The van der Waals surface area contributed by atoms with Crippen molar-refractivity contribution < 1.29 is 18.4 Å². The van der Waals surface area contributed by atoms with Gasteiger partial charge >= 0.3 is 6.03 Å². The molecule has 0 spiro atoms. The number of anilines is 1. The van der Waals surface area contributed by atoms with Crippen LogP contribution >= 0.6 is 0 Å². The van der Waals surface area contributed by atoms with Gasteiger partial charge in [-0.2, -0.15) is 0 Å². The number of carbonyl (C=O) groups is 2. The van der Waals surface area contributed by atoms with Crippen LogP contribution < -0.4 is 5.32 Å². The molecule has 0 fully saturated rings. The summed E-state index contributed by atoms with van der Waals surface area (Å²) in [5, 5.41) is 2.59. The van der Waals surface area contributed by atoms with E-state index in [0.29, 0.717) is 31.8 Å². The number of para-hydroxylation sites is 1. The number of amides is 3. The normalized spacial score (nSPS) is 10.8. The molecule has 0 aliphatic rings. The molecule has 3 amide bonds. The molecule has 0 saturated carbocycles. The number of nitrogens with one attached hydrogen (secondary N) is 1. The lowest BCUT2D eigenvalue weighted by Gasteiger charge is -2.28. The van der Waals surface area contributed by atoms with E-state index in [1.807, 2.05) is 50.2 Å². The maximum absolute atomic E-state index is 14.0. The minimum absolute atomic E-state index is 0.0835. The Morgan fingerprint density at radius 2 is 1.70 bits per heavy atom. The third-order valence-electron chi connectivity index (χ3n) is 5.11. The Balaban J connectivity index is 1.72. The highest BCUT2D eigenvalue weighted by Crippen LogP contribution is 2.15. The summed E-state index contributed by atoms with van der Waals surface area (Å²) in [5.74, 6) is 0.0743. The summed E-state index contributed by atoms with van der Waals surface area (Å²) in [7, 11) is 0. The summed E-state index contributed by atoms with van der Waals surface area (Å²) in [6.45, 7) is 4.96. The van der Waals surface area contributed by atoms with Gasteiger partial charge in [-0.3, -0.25) is 4.79 Å². The van der Waals surface area contributed by atoms with E-state index >= 15 is 0 Å². The molecule has 1 N–H and O–H groups in total. The molecule has 2 aromatic carbocycles. The SMILES string of the molecule is CC(C)CN(CC(=O)N(CCc1ccccc1)Cc1ccco1)C(=O)Nc1ccccc1F. The number of furan rings is 1. The van der Waals surface area contributed by atoms with Crippen molar-refractivity contribution in [3.8, 4) is 0 Å². The molecule has 6 nitrogen and oxygen atoms in total. The molecule has 1 aromatic heterocycles. The number of nitrogens with zero attached hydrogens (tertiary/aromatic N) is 2. The van der Waals surface area contributed by atoms with Gasteiger partial charge in [0.25, 0.3) is 0 Å². The number of urea groups is 1. The molecule has 0 atom stereocenters. The Hall–Kier alpha value is -3.61. The average molecular weight is 452 g/mol. The first-order valence-electron chi connectivity index (χ1n) is 11.1. The second-order valence-corrected chi connectivity index (χ2v) is 8.31. The van der Waals surface area contributed by atoms with E-state index in [0.717, 1.165) is 5.56 Å². The van der Waals surface area contributed by atoms with Crippen LogP contribution in [-0.2, 0) is 17.8 Å². The molecule has 3 aromatic rings. The number of hydrogen-bond donors (Lipinski definition) is 1. The monoisotopic (exact) mass is 451 g/mol. The maximum Gasteiger partial charge on any atom is 0.322 e. The number of halogens is 1. The van der Waals surface area contributed by atoms with Crippen LogP contribution in [0.25, 0.3) is 0 Å². The minimum atomic E-state index is -0.524. The van der Waals surface area contributed by atoms with Gasteiger partial charge in [-0.25, -0.2) is 9.18 Å². The Morgan fingerprint density at radius 3 is 2.36 bits per heavy atom. The molecule has 0 radical (unpaired) electrons. The van der Waals surface area contributed by atoms with Gasteiger partial charge in [0.05, 0.1) is 18.5 Å². The molecule has 0 aliphatic carbocycles. The predicted octanol–water partition coefficient (Wildman–Crippen LogP) is 5.18. The second kappa shape index (κ2) is 11.9. The highest BCUT2D eigenvalue weighted by Gasteiger charge is 2.23. The predicted molar refractivity (Wildman–Crippen MR) is 126 cm³/mol. The van der Waals surface area contributed by atoms with Gasteiger partial charge in [-0.1, -0.05) is 56.3 Å². The molecular formula is C26H30FN3O3. The number of rotatable bonds is 10. The zero-order chi connectivity index (χ0) is 23.6. The maximum atomic E-state index is 14.0. The summed E-state index contributed by atoms with van der Waals surface area (Å²) in [5.41, 5.74) is 1.20. The smallest absolute Gasteiger partial charge is 0.322 e. The van der Waals surface area contributed by atoms with Gasteiger partial charge in [0, 0.05) is 13.1 Å². The summed E-state index contributed by atoms with van der Waals surface area (Å²) in [6, 6.07) is 19.0. The standard InChI is InChI=1S/C26H30FN3O3/c1-20(2)17-30(26(32)28-24-13-7-6-12-23(24)27)19-25(31)29(18-22-11-8-16-33-22)15-14-21-9-4-3-5-10-21/h3-13,16,20H,14-15,17-19H2,1-2H3,(H,28,32). The van der Waals surface area contributed by atoms with Crippen LogP contribution in [0, 0.1) is 11.7 Å². The van der Waals surface area contributed by atoms with Gasteiger partial charge in [0.2, 0.25) is 5.91 Å². The molecule has 7 heteroatoms.